The van der Waals surface area contributed by atoms with E-state index in [4.69, 9.17) is 18.9 Å². The van der Waals surface area contributed by atoms with Crippen molar-refractivity contribution in [2.75, 3.05) is 26.4 Å². The highest BCUT2D eigenvalue weighted by Crippen LogP contribution is 2.39. The van der Waals surface area contributed by atoms with E-state index < -0.39 is 0 Å². The Balaban J connectivity index is 2.19. The Morgan fingerprint density at radius 1 is 0.839 bits per heavy atom. The van der Waals surface area contributed by atoms with Crippen LogP contribution >= 0.6 is 0 Å². The van der Waals surface area contributed by atoms with Crippen LogP contribution in [0.1, 0.15) is 57.0 Å². The Morgan fingerprint density at radius 3 is 1.94 bits per heavy atom. The molecule has 0 radical (unpaired) electrons. The maximum absolute atomic E-state index is 12.7. The van der Waals surface area contributed by atoms with Crippen molar-refractivity contribution in [2.24, 2.45) is 5.10 Å². The fourth-order valence-electron chi connectivity index (χ4n) is 2.80. The van der Waals surface area contributed by atoms with Gasteiger partial charge in [-0.2, -0.15) is 5.10 Å². The van der Waals surface area contributed by atoms with Crippen LogP contribution in [0.2, 0.25) is 0 Å². The fourth-order valence-corrected chi connectivity index (χ4v) is 2.80. The zero-order valence-electron chi connectivity index (χ0n) is 19.0. The summed E-state index contributed by atoms with van der Waals surface area (Å²) in [5, 5.41) is 4.24. The van der Waals surface area contributed by atoms with Crippen molar-refractivity contribution < 1.29 is 23.7 Å². The van der Waals surface area contributed by atoms with E-state index in [0.29, 0.717) is 55.0 Å². The number of ether oxygens (including phenoxy) is 4. The van der Waals surface area contributed by atoms with Gasteiger partial charge >= 0.3 is 0 Å². The summed E-state index contributed by atoms with van der Waals surface area (Å²) in [6.45, 7) is 11.5. The van der Waals surface area contributed by atoms with E-state index in [2.05, 4.69) is 17.5 Å². The van der Waals surface area contributed by atoms with E-state index in [1.54, 1.807) is 12.1 Å². The Hall–Kier alpha value is -3.22. The van der Waals surface area contributed by atoms with Crippen LogP contribution in [0.3, 0.4) is 0 Å². The number of hydrogen-bond acceptors (Lipinski definition) is 6. The summed E-state index contributed by atoms with van der Waals surface area (Å²) in [6, 6.07) is 10.9. The molecular formula is C24H32N2O5. The molecule has 1 N–H and O–H groups in total. The molecule has 1 amide bonds. The van der Waals surface area contributed by atoms with E-state index in [9.17, 15) is 4.79 Å². The van der Waals surface area contributed by atoms with E-state index in [0.717, 1.165) is 17.7 Å². The number of hydrogen-bond donors (Lipinski definition) is 1. The van der Waals surface area contributed by atoms with Gasteiger partial charge in [-0.25, -0.2) is 5.43 Å². The number of benzene rings is 2. The number of amides is 1. The third kappa shape index (κ3) is 6.91. The molecule has 0 heterocycles. The summed E-state index contributed by atoms with van der Waals surface area (Å²) >= 11 is 0. The second-order valence-electron chi connectivity index (χ2n) is 6.61. The van der Waals surface area contributed by atoms with E-state index in [1.165, 1.54) is 0 Å². The minimum Gasteiger partial charge on any atom is -0.494 e. The Kier molecular flexibility index (Phi) is 9.68. The molecule has 0 aliphatic rings. The van der Waals surface area contributed by atoms with Crippen LogP contribution in [-0.4, -0.2) is 38.0 Å². The van der Waals surface area contributed by atoms with Crippen LogP contribution in [-0.2, 0) is 0 Å². The molecule has 0 aliphatic heterocycles. The first kappa shape index (κ1) is 24.1. The average Bonchev–Trinajstić information content (AvgIpc) is 2.78. The highest BCUT2D eigenvalue weighted by Gasteiger charge is 2.18. The third-order valence-electron chi connectivity index (χ3n) is 4.24. The summed E-state index contributed by atoms with van der Waals surface area (Å²) in [7, 11) is 0. The first-order valence-electron chi connectivity index (χ1n) is 10.7. The third-order valence-corrected chi connectivity index (χ3v) is 4.24. The molecule has 0 atom stereocenters. The molecule has 0 bridgehead atoms. The molecule has 2 aromatic carbocycles. The molecule has 31 heavy (non-hydrogen) atoms. The molecule has 2 rings (SSSR count). The zero-order chi connectivity index (χ0) is 22.6. The van der Waals surface area contributed by atoms with Gasteiger partial charge in [-0.15, -0.1) is 0 Å². The summed E-state index contributed by atoms with van der Waals surface area (Å²) in [4.78, 5) is 12.7. The highest BCUT2D eigenvalue weighted by atomic mass is 16.5. The van der Waals surface area contributed by atoms with Gasteiger partial charge in [0.15, 0.2) is 11.5 Å². The lowest BCUT2D eigenvalue weighted by molar-refractivity contribution is 0.0953. The number of rotatable bonds is 12. The van der Waals surface area contributed by atoms with E-state index in [-0.39, 0.29) is 5.91 Å². The normalized spacial score (nSPS) is 11.1. The van der Waals surface area contributed by atoms with Gasteiger partial charge in [-0.05, 0) is 76.1 Å². The summed E-state index contributed by atoms with van der Waals surface area (Å²) in [6.07, 6.45) is 0.954. The minimum absolute atomic E-state index is 0.368. The van der Waals surface area contributed by atoms with Crippen LogP contribution in [0, 0.1) is 0 Å². The van der Waals surface area contributed by atoms with Gasteiger partial charge in [0.05, 0.1) is 32.1 Å². The summed E-state index contributed by atoms with van der Waals surface area (Å²) in [5.41, 5.74) is 4.54. The first-order chi connectivity index (χ1) is 15.0. The molecule has 7 nitrogen and oxygen atoms in total. The molecular weight excluding hydrogens is 396 g/mol. The molecule has 0 aliphatic carbocycles. The molecule has 0 spiro atoms. The quantitative estimate of drug-likeness (QED) is 0.387. The van der Waals surface area contributed by atoms with Gasteiger partial charge in [0.1, 0.15) is 5.75 Å². The lowest BCUT2D eigenvalue weighted by atomic mass is 10.1. The zero-order valence-corrected chi connectivity index (χ0v) is 19.0. The van der Waals surface area contributed by atoms with Crippen LogP contribution in [0.25, 0.3) is 0 Å². The smallest absolute Gasteiger partial charge is 0.271 e. The molecule has 0 saturated carbocycles. The summed E-state index contributed by atoms with van der Waals surface area (Å²) < 4.78 is 22.6. The van der Waals surface area contributed by atoms with Crippen molar-refractivity contribution in [3.63, 3.8) is 0 Å². The van der Waals surface area contributed by atoms with Gasteiger partial charge < -0.3 is 18.9 Å². The fraction of sp³-hybridized carbons (Fsp3) is 0.417. The second kappa shape index (κ2) is 12.5. The molecule has 0 fully saturated rings. The topological polar surface area (TPSA) is 78.4 Å². The van der Waals surface area contributed by atoms with Crippen molar-refractivity contribution in [2.45, 2.75) is 41.0 Å². The molecule has 2 aromatic rings. The van der Waals surface area contributed by atoms with Gasteiger partial charge in [-0.1, -0.05) is 6.92 Å². The Labute approximate surface area is 184 Å². The maximum atomic E-state index is 12.7. The van der Waals surface area contributed by atoms with Crippen LogP contribution < -0.4 is 24.4 Å². The second-order valence-corrected chi connectivity index (χ2v) is 6.61. The van der Waals surface area contributed by atoms with Crippen molar-refractivity contribution in [1.29, 1.82) is 0 Å². The molecule has 0 unspecified atom stereocenters. The monoisotopic (exact) mass is 428 g/mol. The largest absolute Gasteiger partial charge is 0.494 e. The average molecular weight is 429 g/mol. The highest BCUT2D eigenvalue weighted by molar-refractivity contribution is 6.01. The van der Waals surface area contributed by atoms with Crippen LogP contribution in [0.15, 0.2) is 41.5 Å². The van der Waals surface area contributed by atoms with Crippen molar-refractivity contribution in [1.82, 2.24) is 5.43 Å². The number of nitrogens with zero attached hydrogens (tertiary/aromatic N) is 1. The Morgan fingerprint density at radius 2 is 1.42 bits per heavy atom. The Bertz CT molecular complexity index is 851. The minimum atomic E-state index is -0.368. The number of carbonyl (C=O) groups excluding carboxylic acids is 1. The lowest BCUT2D eigenvalue weighted by Crippen LogP contribution is -2.20. The first-order valence-corrected chi connectivity index (χ1v) is 10.7. The molecule has 168 valence electrons. The molecule has 0 saturated heterocycles. The number of hydrazone groups is 1. The van der Waals surface area contributed by atoms with Gasteiger partial charge in [0.25, 0.3) is 5.91 Å². The standard InChI is InChI=1S/C24H32N2O5/c1-6-14-31-20-12-10-18(11-13-20)17(5)25-26-24(27)19-15-21(28-7-2)23(30-9-4)22(16-19)29-8-3/h10-13,15-16H,6-9,14H2,1-5H3,(H,26,27)/b25-17-. The van der Waals surface area contributed by atoms with Crippen LogP contribution in [0.4, 0.5) is 0 Å². The predicted octanol–water partition coefficient (Wildman–Crippen LogP) is 4.83. The van der Waals surface area contributed by atoms with Gasteiger partial charge in [-0.3, -0.25) is 4.79 Å². The molecule has 7 heteroatoms. The lowest BCUT2D eigenvalue weighted by Gasteiger charge is -2.16. The van der Waals surface area contributed by atoms with E-state index >= 15 is 0 Å². The van der Waals surface area contributed by atoms with Crippen LogP contribution in [0.5, 0.6) is 23.0 Å². The SMILES string of the molecule is CCCOc1ccc(/C(C)=N\NC(=O)c2cc(OCC)c(OCC)c(OCC)c2)cc1. The van der Waals surface area contributed by atoms with Gasteiger partial charge in [0.2, 0.25) is 5.75 Å². The van der Waals surface area contributed by atoms with Crippen molar-refractivity contribution in [3.05, 3.63) is 47.5 Å². The maximum Gasteiger partial charge on any atom is 0.271 e. The van der Waals surface area contributed by atoms with Gasteiger partial charge in [0, 0.05) is 5.56 Å². The number of nitrogens with one attached hydrogen (secondary N) is 1. The predicted molar refractivity (Wildman–Crippen MR) is 122 cm³/mol. The summed E-state index contributed by atoms with van der Waals surface area (Å²) in [5.74, 6) is 1.86. The molecule has 0 aromatic heterocycles. The van der Waals surface area contributed by atoms with Crippen molar-refractivity contribution >= 4 is 11.6 Å². The van der Waals surface area contributed by atoms with E-state index in [1.807, 2.05) is 52.0 Å². The van der Waals surface area contributed by atoms with Crippen molar-refractivity contribution in [3.8, 4) is 23.0 Å². The number of carbonyl (C=O) groups is 1.